The molecule has 15 heteroatoms. The molecule has 5 atom stereocenters. The van der Waals surface area contributed by atoms with Gasteiger partial charge >= 0.3 is 5.97 Å². The van der Waals surface area contributed by atoms with Crippen LogP contribution < -0.4 is 32.7 Å². The smallest absolute Gasteiger partial charge is 0.305 e. The average molecular weight is 509 g/mol. The van der Waals surface area contributed by atoms with Gasteiger partial charge < -0.3 is 42.7 Å². The first kappa shape index (κ1) is 26.7. The van der Waals surface area contributed by atoms with Crippen LogP contribution in [-0.2, 0) is 28.8 Å². The minimum atomic E-state index is -1.45. The van der Waals surface area contributed by atoms with Crippen LogP contribution in [0.5, 0.6) is 0 Å². The zero-order chi connectivity index (χ0) is 26.4. The van der Waals surface area contributed by atoms with E-state index in [1.807, 2.05) is 0 Å². The van der Waals surface area contributed by atoms with Gasteiger partial charge in [0.15, 0.2) is 5.96 Å². The molecule has 3 fully saturated rings. The van der Waals surface area contributed by atoms with Crippen LogP contribution in [0.1, 0.15) is 44.9 Å². The third kappa shape index (κ3) is 6.60. The van der Waals surface area contributed by atoms with Crippen LogP contribution in [0.4, 0.5) is 0 Å². The van der Waals surface area contributed by atoms with Crippen LogP contribution in [-0.4, -0.2) is 94.8 Å². The summed E-state index contributed by atoms with van der Waals surface area (Å²) in [4.78, 5) is 81.0. The van der Waals surface area contributed by atoms with Gasteiger partial charge in [0, 0.05) is 12.6 Å². The number of amides is 5. The summed E-state index contributed by atoms with van der Waals surface area (Å²) in [6.45, 7) is -0.340. The summed E-state index contributed by atoms with van der Waals surface area (Å²) < 4.78 is 0. The van der Waals surface area contributed by atoms with E-state index < -0.39 is 72.6 Å². The highest BCUT2D eigenvalue weighted by molar-refractivity contribution is 5.98. The van der Waals surface area contributed by atoms with Gasteiger partial charge in [0.25, 0.3) is 0 Å². The summed E-state index contributed by atoms with van der Waals surface area (Å²) >= 11 is 0. The first-order valence-corrected chi connectivity index (χ1v) is 11.8. The summed E-state index contributed by atoms with van der Waals surface area (Å²) in [5, 5.41) is 19.1. The number of fused-ring (bicyclic) bond motifs is 1. The molecular weight excluding hydrogens is 476 g/mol. The Morgan fingerprint density at radius 2 is 1.67 bits per heavy atom. The molecule has 0 saturated carbocycles. The lowest BCUT2D eigenvalue weighted by Crippen LogP contribution is -2.61. The van der Waals surface area contributed by atoms with Crippen LogP contribution in [0.25, 0.3) is 0 Å². The van der Waals surface area contributed by atoms with E-state index in [1.54, 1.807) is 0 Å². The molecule has 0 radical (unpaired) electrons. The first-order chi connectivity index (χ1) is 17.1. The van der Waals surface area contributed by atoms with Crippen LogP contribution in [0.15, 0.2) is 4.99 Å². The molecule has 0 spiro atoms. The lowest BCUT2D eigenvalue weighted by Gasteiger charge is -2.38. The maximum Gasteiger partial charge on any atom is 0.305 e. The van der Waals surface area contributed by atoms with Gasteiger partial charge in [-0.05, 0) is 38.5 Å². The largest absolute Gasteiger partial charge is 0.481 e. The summed E-state index contributed by atoms with van der Waals surface area (Å²) in [5.74, 6) is -4.71. The highest BCUT2D eigenvalue weighted by Crippen LogP contribution is 2.33. The maximum atomic E-state index is 13.2. The topological polar surface area (TPSA) is 238 Å². The zero-order valence-corrected chi connectivity index (χ0v) is 19.7. The van der Waals surface area contributed by atoms with Crippen LogP contribution >= 0.6 is 0 Å². The van der Waals surface area contributed by atoms with E-state index in [-0.39, 0.29) is 25.0 Å². The summed E-state index contributed by atoms with van der Waals surface area (Å²) in [6.07, 6.45) is 1.65. The van der Waals surface area contributed by atoms with Crippen molar-refractivity contribution in [3.05, 3.63) is 0 Å². The molecule has 0 aromatic carbocycles. The van der Waals surface area contributed by atoms with E-state index in [2.05, 4.69) is 26.3 Å². The van der Waals surface area contributed by atoms with Crippen molar-refractivity contribution >= 4 is 41.5 Å². The van der Waals surface area contributed by atoms with E-state index in [4.69, 9.17) is 11.5 Å². The number of piperidine rings is 1. The minimum Gasteiger partial charge on any atom is -0.481 e. The fourth-order valence-corrected chi connectivity index (χ4v) is 4.79. The van der Waals surface area contributed by atoms with Gasteiger partial charge in [-0.2, -0.15) is 0 Å². The number of nitrogens with two attached hydrogens (primary N) is 2. The number of carbonyl (C=O) groups excluding carboxylic acids is 5. The third-order valence-electron chi connectivity index (χ3n) is 6.49. The van der Waals surface area contributed by atoms with Gasteiger partial charge in [-0.3, -0.25) is 33.8 Å². The minimum absolute atomic E-state index is 0.114. The number of guanidine groups is 1. The van der Waals surface area contributed by atoms with E-state index in [9.17, 15) is 33.9 Å². The maximum absolute atomic E-state index is 13.2. The number of nitrogens with zero attached hydrogens (tertiary/aromatic N) is 2. The molecule has 3 aliphatic heterocycles. The molecule has 3 heterocycles. The lowest BCUT2D eigenvalue weighted by atomic mass is 9.97. The fourth-order valence-electron chi connectivity index (χ4n) is 4.79. The number of hydrogen-bond donors (Lipinski definition) is 7. The number of aliphatic imine (C=N–C) groups is 1. The van der Waals surface area contributed by atoms with Crippen molar-refractivity contribution in [2.75, 3.05) is 13.1 Å². The Balaban J connectivity index is 1.86. The van der Waals surface area contributed by atoms with Gasteiger partial charge in [0.05, 0.1) is 13.0 Å². The quantitative estimate of drug-likeness (QED) is 0.106. The molecule has 5 amide bonds. The second kappa shape index (κ2) is 11.7. The summed E-state index contributed by atoms with van der Waals surface area (Å²) in [6, 6.07) is -4.45. The Morgan fingerprint density at radius 1 is 0.944 bits per heavy atom. The average Bonchev–Trinajstić information content (AvgIpc) is 3.24. The molecule has 3 rings (SSSR count). The number of rotatable bonds is 6. The number of carboxylic acid groups (broad SMARTS) is 1. The Bertz CT molecular complexity index is 951. The molecule has 36 heavy (non-hydrogen) atoms. The SMILES string of the molecule is NC(N)=NCCCC1NC(=O)[C@@H]2CC[C@H]3CC[C@@H](NC(=O)C(CC(=O)O)NC(=O)CNC1=O)C(=O)N32. The van der Waals surface area contributed by atoms with Gasteiger partial charge in [-0.1, -0.05) is 0 Å². The second-order valence-electron chi connectivity index (χ2n) is 9.08. The molecule has 2 unspecified atom stereocenters. The standard InChI is InChI=1S/C21H32N8O7/c22-21(23)24-7-1-2-11-17(33)25-9-15(30)26-13(8-16(31)32)18(34)28-12-5-3-10-4-6-14(19(35)27-11)29(10)20(12)36/h10-14H,1-9H2,(H,25,33)(H,26,30)(H,27,35)(H,28,34)(H,31,32)(H4,22,23,24)/t10-,11?,12-,13?,14+/m1/s1. The highest BCUT2D eigenvalue weighted by Gasteiger charge is 2.47. The summed E-state index contributed by atoms with van der Waals surface area (Å²) in [5.41, 5.74) is 10.6. The molecule has 3 aliphatic rings. The van der Waals surface area contributed by atoms with Crippen LogP contribution in [0.3, 0.4) is 0 Å². The van der Waals surface area contributed by atoms with Crippen molar-refractivity contribution in [1.82, 2.24) is 26.2 Å². The Morgan fingerprint density at radius 3 is 2.36 bits per heavy atom. The van der Waals surface area contributed by atoms with E-state index in [0.717, 1.165) is 0 Å². The Kier molecular flexibility index (Phi) is 8.66. The Labute approximate surface area is 206 Å². The zero-order valence-electron chi connectivity index (χ0n) is 19.7. The fraction of sp³-hybridized carbons (Fsp3) is 0.667. The van der Waals surface area contributed by atoms with E-state index in [0.29, 0.717) is 32.1 Å². The number of aliphatic carboxylic acids is 1. The third-order valence-corrected chi connectivity index (χ3v) is 6.49. The van der Waals surface area contributed by atoms with E-state index >= 15 is 0 Å². The molecule has 0 aromatic heterocycles. The van der Waals surface area contributed by atoms with Gasteiger partial charge in [-0.15, -0.1) is 0 Å². The van der Waals surface area contributed by atoms with Crippen molar-refractivity contribution in [1.29, 1.82) is 0 Å². The molecule has 0 aromatic rings. The first-order valence-electron chi connectivity index (χ1n) is 11.8. The second-order valence-corrected chi connectivity index (χ2v) is 9.08. The number of carboxylic acids is 1. The number of hydrogen-bond acceptors (Lipinski definition) is 7. The highest BCUT2D eigenvalue weighted by atomic mass is 16.4. The van der Waals surface area contributed by atoms with E-state index in [1.165, 1.54) is 4.90 Å². The summed E-state index contributed by atoms with van der Waals surface area (Å²) in [7, 11) is 0. The predicted molar refractivity (Wildman–Crippen MR) is 124 cm³/mol. The Hall–Kier alpha value is -3.91. The van der Waals surface area contributed by atoms with Crippen LogP contribution in [0.2, 0.25) is 0 Å². The van der Waals surface area contributed by atoms with Gasteiger partial charge in [0.1, 0.15) is 24.2 Å². The molecule has 3 saturated heterocycles. The molecule has 0 aliphatic carbocycles. The van der Waals surface area contributed by atoms with Crippen molar-refractivity contribution in [2.45, 2.75) is 75.2 Å². The number of carbonyl (C=O) groups is 6. The molecular formula is C21H32N8O7. The number of nitrogens with one attached hydrogen (secondary N) is 4. The van der Waals surface area contributed by atoms with Crippen LogP contribution in [0, 0.1) is 0 Å². The normalized spacial score (nSPS) is 29.2. The lowest BCUT2D eigenvalue weighted by molar-refractivity contribution is -0.147. The van der Waals surface area contributed by atoms with Crippen molar-refractivity contribution in [2.24, 2.45) is 16.5 Å². The monoisotopic (exact) mass is 508 g/mol. The van der Waals surface area contributed by atoms with Crippen molar-refractivity contribution < 1.29 is 33.9 Å². The molecule has 9 N–H and O–H groups in total. The van der Waals surface area contributed by atoms with Gasteiger partial charge in [-0.25, -0.2) is 0 Å². The molecule has 15 nitrogen and oxygen atoms in total. The van der Waals surface area contributed by atoms with Crippen molar-refractivity contribution in [3.63, 3.8) is 0 Å². The predicted octanol–water partition coefficient (Wildman–Crippen LogP) is -3.75. The molecule has 198 valence electrons. The molecule has 2 bridgehead atoms. The van der Waals surface area contributed by atoms with Gasteiger partial charge in [0.2, 0.25) is 29.5 Å². The van der Waals surface area contributed by atoms with Crippen molar-refractivity contribution in [3.8, 4) is 0 Å².